The van der Waals surface area contributed by atoms with Gasteiger partial charge in [0.1, 0.15) is 0 Å². The zero-order valence-electron chi connectivity index (χ0n) is 14.0. The molecule has 0 aliphatic rings. The van der Waals surface area contributed by atoms with Crippen molar-refractivity contribution in [3.63, 3.8) is 0 Å². The summed E-state index contributed by atoms with van der Waals surface area (Å²) in [5.41, 5.74) is 2.72. The number of methoxy groups -OCH3 is 1. The van der Waals surface area contributed by atoms with E-state index in [1.165, 1.54) is 0 Å². The number of nitrogens with one attached hydrogen (secondary N) is 2. The molecule has 0 aliphatic heterocycles. The van der Waals surface area contributed by atoms with Crippen LogP contribution in [0.15, 0.2) is 48.8 Å². The Bertz CT molecular complexity index is 634. The van der Waals surface area contributed by atoms with E-state index in [-0.39, 0.29) is 12.1 Å². The smallest absolute Gasteiger partial charge is 0.319 e. The average Bonchev–Trinajstić information content (AvgIpc) is 2.60. The molecule has 0 radical (unpaired) electrons. The number of pyridine rings is 1. The number of amides is 2. The summed E-state index contributed by atoms with van der Waals surface area (Å²) in [7, 11) is 1.64. The summed E-state index contributed by atoms with van der Waals surface area (Å²) in [4.78, 5) is 16.1. The van der Waals surface area contributed by atoms with Gasteiger partial charge in [-0.1, -0.05) is 12.1 Å². The molecular weight excluding hydrogens is 306 g/mol. The van der Waals surface area contributed by atoms with E-state index >= 15 is 0 Å². The summed E-state index contributed by atoms with van der Waals surface area (Å²) in [5, 5.41) is 5.74. The van der Waals surface area contributed by atoms with E-state index in [9.17, 15) is 4.79 Å². The number of hydrogen-bond donors (Lipinski definition) is 2. The number of anilines is 1. The quantitative estimate of drug-likeness (QED) is 0.730. The van der Waals surface area contributed by atoms with Gasteiger partial charge in [0.05, 0.1) is 25.9 Å². The first-order valence-electron chi connectivity index (χ1n) is 7.82. The fourth-order valence-corrected chi connectivity index (χ4v) is 2.17. The Labute approximate surface area is 142 Å². The molecule has 24 heavy (non-hydrogen) atoms. The van der Waals surface area contributed by atoms with Crippen LogP contribution in [0.1, 0.15) is 24.1 Å². The molecule has 0 spiro atoms. The topological polar surface area (TPSA) is 72.5 Å². The Balaban J connectivity index is 1.85. The summed E-state index contributed by atoms with van der Waals surface area (Å²) in [6.45, 7) is 3.51. The van der Waals surface area contributed by atoms with Crippen LogP contribution < -0.4 is 10.6 Å². The number of ether oxygens (including phenoxy) is 2. The van der Waals surface area contributed by atoms with Crippen LogP contribution in [0.3, 0.4) is 0 Å². The van der Waals surface area contributed by atoms with E-state index in [0.29, 0.717) is 19.8 Å². The predicted molar refractivity (Wildman–Crippen MR) is 92.8 cm³/mol. The third-order valence-electron chi connectivity index (χ3n) is 3.44. The fourth-order valence-electron chi connectivity index (χ4n) is 2.17. The third kappa shape index (κ3) is 5.98. The number of carbonyl (C=O) groups excluding carboxylic acids is 1. The molecule has 2 aromatic rings. The van der Waals surface area contributed by atoms with Gasteiger partial charge in [-0.3, -0.25) is 4.98 Å². The zero-order valence-corrected chi connectivity index (χ0v) is 14.0. The minimum atomic E-state index is -0.253. The largest absolute Gasteiger partial charge is 0.382 e. The van der Waals surface area contributed by atoms with Crippen molar-refractivity contribution >= 4 is 11.7 Å². The SMILES string of the molecule is COCCOCc1cccc(NC(=O)NC(C)c2ccncc2)c1. The lowest BCUT2D eigenvalue weighted by Crippen LogP contribution is -2.31. The summed E-state index contributed by atoms with van der Waals surface area (Å²) < 4.78 is 10.4. The molecule has 2 N–H and O–H groups in total. The van der Waals surface area contributed by atoms with Gasteiger partial charge in [-0.05, 0) is 42.3 Å². The van der Waals surface area contributed by atoms with Gasteiger partial charge in [0.2, 0.25) is 0 Å². The minimum absolute atomic E-state index is 0.103. The van der Waals surface area contributed by atoms with E-state index in [0.717, 1.165) is 16.8 Å². The second-order valence-corrected chi connectivity index (χ2v) is 5.35. The number of aromatic nitrogens is 1. The highest BCUT2D eigenvalue weighted by molar-refractivity contribution is 5.89. The lowest BCUT2D eigenvalue weighted by atomic mass is 10.1. The van der Waals surface area contributed by atoms with Crippen LogP contribution in [0.25, 0.3) is 0 Å². The number of carbonyl (C=O) groups is 1. The molecule has 6 nitrogen and oxygen atoms in total. The van der Waals surface area contributed by atoms with E-state index in [2.05, 4.69) is 15.6 Å². The Hall–Kier alpha value is -2.44. The molecule has 1 aromatic heterocycles. The van der Waals surface area contributed by atoms with Crippen molar-refractivity contribution in [3.05, 3.63) is 59.9 Å². The molecule has 128 valence electrons. The summed E-state index contributed by atoms with van der Waals surface area (Å²) >= 11 is 0. The van der Waals surface area contributed by atoms with Gasteiger partial charge in [-0.25, -0.2) is 4.79 Å². The first-order valence-corrected chi connectivity index (χ1v) is 7.82. The monoisotopic (exact) mass is 329 g/mol. The second kappa shape index (κ2) is 9.64. The molecule has 1 unspecified atom stereocenters. The van der Waals surface area contributed by atoms with Crippen LogP contribution in [0.4, 0.5) is 10.5 Å². The minimum Gasteiger partial charge on any atom is -0.382 e. The molecule has 0 aliphatic carbocycles. The number of rotatable bonds is 8. The van der Waals surface area contributed by atoms with Crippen molar-refractivity contribution < 1.29 is 14.3 Å². The van der Waals surface area contributed by atoms with Gasteiger partial charge in [0, 0.05) is 25.2 Å². The molecule has 6 heteroatoms. The van der Waals surface area contributed by atoms with Crippen LogP contribution in [-0.2, 0) is 16.1 Å². The molecule has 0 saturated carbocycles. The molecule has 2 rings (SSSR count). The van der Waals surface area contributed by atoms with Crippen LogP contribution in [-0.4, -0.2) is 31.3 Å². The maximum absolute atomic E-state index is 12.1. The molecule has 0 fully saturated rings. The Kier molecular flexibility index (Phi) is 7.20. The fraction of sp³-hybridized carbons (Fsp3) is 0.333. The highest BCUT2D eigenvalue weighted by atomic mass is 16.5. The van der Waals surface area contributed by atoms with Gasteiger partial charge in [0.15, 0.2) is 0 Å². The number of benzene rings is 1. The molecule has 1 atom stereocenters. The van der Waals surface area contributed by atoms with Crippen LogP contribution >= 0.6 is 0 Å². The lowest BCUT2D eigenvalue weighted by molar-refractivity contribution is 0.0617. The van der Waals surface area contributed by atoms with Gasteiger partial charge in [-0.2, -0.15) is 0 Å². The molecule has 1 aromatic carbocycles. The van der Waals surface area contributed by atoms with E-state index in [4.69, 9.17) is 9.47 Å². The van der Waals surface area contributed by atoms with Gasteiger partial charge >= 0.3 is 6.03 Å². The van der Waals surface area contributed by atoms with E-state index in [1.807, 2.05) is 43.3 Å². The standard InChI is InChI=1S/C18H23N3O3/c1-14(16-6-8-19-9-7-16)20-18(22)21-17-5-3-4-15(12-17)13-24-11-10-23-2/h3-9,12,14H,10-11,13H2,1-2H3,(H2,20,21,22). The third-order valence-corrected chi connectivity index (χ3v) is 3.44. The van der Waals surface area contributed by atoms with E-state index < -0.39 is 0 Å². The number of hydrogen-bond acceptors (Lipinski definition) is 4. The van der Waals surface area contributed by atoms with Crippen molar-refractivity contribution in [1.82, 2.24) is 10.3 Å². The van der Waals surface area contributed by atoms with Crippen LogP contribution in [0.5, 0.6) is 0 Å². The van der Waals surface area contributed by atoms with Crippen molar-refractivity contribution in [2.75, 3.05) is 25.6 Å². The Morgan fingerprint density at radius 2 is 2.00 bits per heavy atom. The van der Waals surface area contributed by atoms with Gasteiger partial charge < -0.3 is 20.1 Å². The summed E-state index contributed by atoms with van der Waals surface area (Å²) in [6.07, 6.45) is 3.41. The Morgan fingerprint density at radius 1 is 1.21 bits per heavy atom. The van der Waals surface area contributed by atoms with Gasteiger partial charge in [0.25, 0.3) is 0 Å². The van der Waals surface area contributed by atoms with Crippen molar-refractivity contribution in [3.8, 4) is 0 Å². The lowest BCUT2D eigenvalue weighted by Gasteiger charge is -2.15. The zero-order chi connectivity index (χ0) is 17.2. The molecular formula is C18H23N3O3. The molecule has 0 saturated heterocycles. The second-order valence-electron chi connectivity index (χ2n) is 5.35. The van der Waals surface area contributed by atoms with Crippen LogP contribution in [0.2, 0.25) is 0 Å². The normalized spacial score (nSPS) is 11.8. The van der Waals surface area contributed by atoms with Crippen LogP contribution in [0, 0.1) is 0 Å². The first-order chi connectivity index (χ1) is 11.7. The molecule has 0 bridgehead atoms. The van der Waals surface area contributed by atoms with Crippen molar-refractivity contribution in [2.24, 2.45) is 0 Å². The van der Waals surface area contributed by atoms with Gasteiger partial charge in [-0.15, -0.1) is 0 Å². The van der Waals surface area contributed by atoms with E-state index in [1.54, 1.807) is 19.5 Å². The van der Waals surface area contributed by atoms with Crippen molar-refractivity contribution in [1.29, 1.82) is 0 Å². The summed E-state index contributed by atoms with van der Waals surface area (Å²) in [6, 6.07) is 11.0. The predicted octanol–water partition coefficient (Wildman–Crippen LogP) is 3.13. The highest BCUT2D eigenvalue weighted by Gasteiger charge is 2.09. The molecule has 2 amide bonds. The number of nitrogens with zero attached hydrogens (tertiary/aromatic N) is 1. The Morgan fingerprint density at radius 3 is 2.75 bits per heavy atom. The van der Waals surface area contributed by atoms with Crippen molar-refractivity contribution in [2.45, 2.75) is 19.6 Å². The first kappa shape index (κ1) is 17.9. The average molecular weight is 329 g/mol. The summed E-state index contributed by atoms with van der Waals surface area (Å²) in [5.74, 6) is 0. The maximum Gasteiger partial charge on any atom is 0.319 e. The maximum atomic E-state index is 12.1. The number of urea groups is 1. The highest BCUT2D eigenvalue weighted by Crippen LogP contribution is 2.13. The molecule has 1 heterocycles.